The quantitative estimate of drug-likeness (QED) is 0.299. The average molecular weight is 562 g/mol. The van der Waals surface area contributed by atoms with Crippen LogP contribution < -0.4 is 16.0 Å². The molecule has 0 amide bonds. The molecule has 2 fully saturated rings. The van der Waals surface area contributed by atoms with Gasteiger partial charge >= 0.3 is 6.18 Å². The van der Waals surface area contributed by atoms with Gasteiger partial charge in [-0.15, -0.1) is 0 Å². The number of aliphatic hydroxyl groups is 1. The van der Waals surface area contributed by atoms with Crippen LogP contribution in [0.1, 0.15) is 38.5 Å². The third kappa shape index (κ3) is 8.07. The molecule has 1 atom stereocenters. The van der Waals surface area contributed by atoms with Gasteiger partial charge < -0.3 is 25.8 Å². The summed E-state index contributed by atoms with van der Waals surface area (Å²) in [4.78, 5) is 8.75. The minimum Gasteiger partial charge on any atom is -0.384 e. The lowest BCUT2D eigenvalue weighted by Gasteiger charge is -2.31. The van der Waals surface area contributed by atoms with E-state index in [1.807, 2.05) is 12.1 Å². The average Bonchev–Trinajstić information content (AvgIpc) is 2.89. The SMILES string of the molecule is O[C@H](CN[C@H]1CC[C@H](Nc2cc(-c3cc(NCC4CCOCC4)cnc3Cl)c(Cl)cn2)CC1)C(F)(F)F. The van der Waals surface area contributed by atoms with E-state index in [2.05, 4.69) is 25.9 Å². The minimum absolute atomic E-state index is 0.0648. The molecule has 204 valence electrons. The van der Waals surface area contributed by atoms with Crippen LogP contribution in [0, 0.1) is 5.92 Å². The predicted octanol–water partition coefficient (Wildman–Crippen LogP) is 5.52. The van der Waals surface area contributed by atoms with Gasteiger partial charge in [0.05, 0.1) is 16.9 Å². The molecule has 2 aromatic rings. The molecule has 1 aliphatic carbocycles. The maximum atomic E-state index is 12.5. The van der Waals surface area contributed by atoms with Crippen molar-refractivity contribution in [3.63, 3.8) is 0 Å². The predicted molar refractivity (Wildman–Crippen MR) is 139 cm³/mol. The zero-order chi connectivity index (χ0) is 26.4. The van der Waals surface area contributed by atoms with Gasteiger partial charge in [0, 0.05) is 55.7 Å². The second-order valence-electron chi connectivity index (χ2n) is 9.71. The number of aromatic nitrogens is 2. The monoisotopic (exact) mass is 561 g/mol. The van der Waals surface area contributed by atoms with Gasteiger partial charge in [0.1, 0.15) is 11.0 Å². The van der Waals surface area contributed by atoms with Gasteiger partial charge in [0.2, 0.25) is 0 Å². The van der Waals surface area contributed by atoms with E-state index in [1.54, 1.807) is 12.4 Å². The maximum Gasteiger partial charge on any atom is 0.415 e. The highest BCUT2D eigenvalue weighted by Crippen LogP contribution is 2.35. The van der Waals surface area contributed by atoms with Crippen LogP contribution in [0.4, 0.5) is 24.7 Å². The van der Waals surface area contributed by atoms with Gasteiger partial charge in [-0.1, -0.05) is 23.2 Å². The molecule has 3 heterocycles. The molecule has 0 radical (unpaired) electrons. The highest BCUT2D eigenvalue weighted by molar-refractivity contribution is 6.36. The van der Waals surface area contributed by atoms with E-state index in [-0.39, 0.29) is 12.1 Å². The molecule has 0 aromatic carbocycles. The van der Waals surface area contributed by atoms with Crippen LogP contribution in [0.5, 0.6) is 0 Å². The Bertz CT molecular complexity index is 1030. The molecule has 1 aliphatic heterocycles. The number of hydrogen-bond acceptors (Lipinski definition) is 7. The van der Waals surface area contributed by atoms with Crippen molar-refractivity contribution in [1.29, 1.82) is 0 Å². The fourth-order valence-electron chi connectivity index (χ4n) is 4.72. The van der Waals surface area contributed by atoms with Crippen molar-refractivity contribution in [3.8, 4) is 11.1 Å². The number of alkyl halides is 3. The van der Waals surface area contributed by atoms with Crippen molar-refractivity contribution in [3.05, 3.63) is 34.7 Å². The first-order valence-corrected chi connectivity index (χ1v) is 13.3. The van der Waals surface area contributed by atoms with Crippen molar-refractivity contribution in [2.75, 3.05) is 36.9 Å². The van der Waals surface area contributed by atoms with Crippen LogP contribution in [-0.4, -0.2) is 65.7 Å². The summed E-state index contributed by atoms with van der Waals surface area (Å²) in [6.07, 6.45) is 1.28. The van der Waals surface area contributed by atoms with Crippen LogP contribution >= 0.6 is 23.2 Å². The number of anilines is 2. The summed E-state index contributed by atoms with van der Waals surface area (Å²) in [7, 11) is 0. The Balaban J connectivity index is 1.35. The standard InChI is InChI=1S/C25H32Cl2F3N5O2/c26-21-13-33-23(35-17-3-1-16(2-4-17)32-14-22(36)25(28,29)30)10-19(21)20-9-18(12-34-24(20)27)31-11-15-5-7-37-8-6-15/h9-10,12-13,15-17,22,31-32,36H,1-8,11,14H2,(H,33,35)/t16-,17-,22-/m1/s1. The lowest BCUT2D eigenvalue weighted by atomic mass is 9.91. The topological polar surface area (TPSA) is 91.3 Å². The summed E-state index contributed by atoms with van der Waals surface area (Å²) in [6.45, 7) is 1.91. The molecule has 7 nitrogen and oxygen atoms in total. The lowest BCUT2D eigenvalue weighted by Crippen LogP contribution is -2.44. The highest BCUT2D eigenvalue weighted by Gasteiger charge is 2.38. The maximum absolute atomic E-state index is 12.5. The number of hydrogen-bond donors (Lipinski definition) is 4. The molecule has 37 heavy (non-hydrogen) atoms. The number of ether oxygens (including phenoxy) is 1. The smallest absolute Gasteiger partial charge is 0.384 e. The summed E-state index contributed by atoms with van der Waals surface area (Å²) >= 11 is 12.9. The molecule has 1 saturated carbocycles. The number of pyridine rings is 2. The summed E-state index contributed by atoms with van der Waals surface area (Å²) in [5, 5.41) is 19.7. The van der Waals surface area contributed by atoms with Crippen molar-refractivity contribution in [2.45, 2.75) is 62.9 Å². The van der Waals surface area contributed by atoms with Gasteiger partial charge in [0.25, 0.3) is 0 Å². The Hall–Kier alpha value is -1.85. The Labute approximate surface area is 224 Å². The van der Waals surface area contributed by atoms with E-state index in [1.165, 1.54) is 0 Å². The van der Waals surface area contributed by atoms with E-state index >= 15 is 0 Å². The van der Waals surface area contributed by atoms with E-state index in [4.69, 9.17) is 27.9 Å². The Morgan fingerprint density at radius 1 is 0.973 bits per heavy atom. The molecule has 4 rings (SSSR count). The minimum atomic E-state index is -4.61. The van der Waals surface area contributed by atoms with Crippen molar-refractivity contribution in [1.82, 2.24) is 15.3 Å². The number of aliphatic hydroxyl groups excluding tert-OH is 1. The molecule has 0 bridgehead atoms. The third-order valence-electron chi connectivity index (χ3n) is 6.98. The highest BCUT2D eigenvalue weighted by atomic mass is 35.5. The summed E-state index contributed by atoms with van der Waals surface area (Å²) in [5.41, 5.74) is 2.27. The first-order chi connectivity index (χ1) is 17.7. The van der Waals surface area contributed by atoms with Gasteiger partial charge in [-0.2, -0.15) is 13.2 Å². The van der Waals surface area contributed by atoms with Crippen molar-refractivity contribution < 1.29 is 23.0 Å². The van der Waals surface area contributed by atoms with E-state index in [0.29, 0.717) is 45.9 Å². The normalized spacial score (nSPS) is 22.0. The van der Waals surface area contributed by atoms with Crippen LogP contribution in [0.25, 0.3) is 11.1 Å². The Kier molecular flexibility index (Phi) is 9.74. The summed E-state index contributed by atoms with van der Waals surface area (Å²) in [5.74, 6) is 1.19. The zero-order valence-electron chi connectivity index (χ0n) is 20.3. The second-order valence-corrected chi connectivity index (χ2v) is 10.5. The summed E-state index contributed by atoms with van der Waals surface area (Å²) < 4.78 is 43.0. The van der Waals surface area contributed by atoms with Gasteiger partial charge in [-0.3, -0.25) is 0 Å². The van der Waals surface area contributed by atoms with E-state index in [0.717, 1.165) is 51.1 Å². The third-order valence-corrected chi connectivity index (χ3v) is 7.58. The van der Waals surface area contributed by atoms with Gasteiger partial charge in [-0.05, 0) is 56.6 Å². The second kappa shape index (κ2) is 12.8. The molecule has 0 unspecified atom stereocenters. The first-order valence-electron chi connectivity index (χ1n) is 12.6. The molecule has 2 aliphatic rings. The van der Waals surface area contributed by atoms with E-state index < -0.39 is 18.8 Å². The van der Waals surface area contributed by atoms with Crippen LogP contribution in [0.3, 0.4) is 0 Å². The zero-order valence-corrected chi connectivity index (χ0v) is 21.8. The molecule has 12 heteroatoms. The van der Waals surface area contributed by atoms with Crippen molar-refractivity contribution in [2.24, 2.45) is 5.92 Å². The molecule has 0 spiro atoms. The van der Waals surface area contributed by atoms with Crippen LogP contribution in [0.2, 0.25) is 10.2 Å². The Morgan fingerprint density at radius 2 is 1.68 bits per heavy atom. The molecule has 2 aromatic heterocycles. The van der Waals surface area contributed by atoms with Crippen LogP contribution in [-0.2, 0) is 4.74 Å². The van der Waals surface area contributed by atoms with E-state index in [9.17, 15) is 18.3 Å². The Morgan fingerprint density at radius 3 is 2.38 bits per heavy atom. The van der Waals surface area contributed by atoms with Crippen LogP contribution in [0.15, 0.2) is 24.5 Å². The molecule has 1 saturated heterocycles. The molecular weight excluding hydrogens is 530 g/mol. The van der Waals surface area contributed by atoms with Crippen molar-refractivity contribution >= 4 is 34.7 Å². The largest absolute Gasteiger partial charge is 0.415 e. The first kappa shape index (κ1) is 28.2. The number of nitrogens with zero attached hydrogens (tertiary/aromatic N) is 2. The number of nitrogens with one attached hydrogen (secondary N) is 3. The number of halogens is 5. The fourth-order valence-corrected chi connectivity index (χ4v) is 5.13. The molecule has 4 N–H and O–H groups in total. The van der Waals surface area contributed by atoms with Gasteiger partial charge in [-0.25, -0.2) is 9.97 Å². The molecular formula is C25H32Cl2F3N5O2. The summed E-state index contributed by atoms with van der Waals surface area (Å²) in [6, 6.07) is 3.84. The fraction of sp³-hybridized carbons (Fsp3) is 0.600. The number of rotatable bonds is 9. The lowest BCUT2D eigenvalue weighted by molar-refractivity contribution is -0.202. The van der Waals surface area contributed by atoms with Gasteiger partial charge in [0.15, 0.2) is 6.10 Å².